The van der Waals surface area contributed by atoms with E-state index in [4.69, 9.17) is 14.7 Å². The fraction of sp³-hybridized carbons (Fsp3) is 0.235. The summed E-state index contributed by atoms with van der Waals surface area (Å²) < 4.78 is 11.2. The van der Waals surface area contributed by atoms with Gasteiger partial charge in [-0.3, -0.25) is 0 Å². The molecule has 0 aliphatic rings. The molecule has 0 unspecified atom stereocenters. The molecule has 2 aromatic carbocycles. The van der Waals surface area contributed by atoms with Crippen molar-refractivity contribution >= 4 is 5.69 Å². The predicted octanol–water partition coefficient (Wildman–Crippen LogP) is 3.45. The van der Waals surface area contributed by atoms with Gasteiger partial charge in [0.05, 0.1) is 17.9 Å². The predicted molar refractivity (Wildman–Crippen MR) is 82.8 cm³/mol. The van der Waals surface area contributed by atoms with Crippen molar-refractivity contribution in [2.45, 2.75) is 6.92 Å². The second-order valence-corrected chi connectivity index (χ2v) is 4.31. The van der Waals surface area contributed by atoms with Crippen molar-refractivity contribution in [3.63, 3.8) is 0 Å². The number of benzene rings is 2. The number of nitrogens with one attached hydrogen (secondary N) is 1. The zero-order valence-electron chi connectivity index (χ0n) is 12.0. The number of hydrogen-bond acceptors (Lipinski definition) is 4. The van der Waals surface area contributed by atoms with Crippen molar-refractivity contribution < 1.29 is 9.47 Å². The average molecular weight is 282 g/mol. The van der Waals surface area contributed by atoms with Crippen LogP contribution < -0.4 is 14.8 Å². The fourth-order valence-corrected chi connectivity index (χ4v) is 1.93. The Morgan fingerprint density at radius 3 is 2.38 bits per heavy atom. The van der Waals surface area contributed by atoms with Crippen LogP contribution >= 0.6 is 0 Å². The maximum Gasteiger partial charge on any atom is 0.161 e. The van der Waals surface area contributed by atoms with Gasteiger partial charge in [-0.1, -0.05) is 24.3 Å². The number of nitriles is 1. The highest BCUT2D eigenvalue weighted by molar-refractivity contribution is 5.57. The maximum atomic E-state index is 9.01. The molecule has 0 heterocycles. The molecule has 0 saturated heterocycles. The molecular formula is C17H18N2O2. The normalized spacial score (nSPS) is 9.71. The van der Waals surface area contributed by atoms with Gasteiger partial charge in [-0.2, -0.15) is 5.26 Å². The van der Waals surface area contributed by atoms with Crippen LogP contribution in [0, 0.1) is 11.3 Å². The first-order chi connectivity index (χ1) is 10.3. The Morgan fingerprint density at radius 1 is 1.00 bits per heavy atom. The lowest BCUT2D eigenvalue weighted by Crippen LogP contribution is -2.12. The summed E-state index contributed by atoms with van der Waals surface area (Å²) in [5, 5.41) is 12.2. The summed E-state index contributed by atoms with van der Waals surface area (Å²) in [5.74, 6) is 1.48. The van der Waals surface area contributed by atoms with Crippen molar-refractivity contribution in [1.29, 1.82) is 5.26 Å². The SMILES string of the molecule is CCOc1ccccc1OCCNc1ccccc1C#N. The molecule has 0 aliphatic carbocycles. The highest BCUT2D eigenvalue weighted by Gasteiger charge is 2.03. The van der Waals surface area contributed by atoms with Gasteiger partial charge in [0.25, 0.3) is 0 Å². The minimum absolute atomic E-state index is 0.490. The Hall–Kier alpha value is -2.67. The summed E-state index contributed by atoms with van der Waals surface area (Å²) in [6.45, 7) is 3.65. The first kappa shape index (κ1) is 14.7. The van der Waals surface area contributed by atoms with Crippen LogP contribution in [0.2, 0.25) is 0 Å². The quantitative estimate of drug-likeness (QED) is 0.790. The van der Waals surface area contributed by atoms with E-state index in [-0.39, 0.29) is 0 Å². The smallest absolute Gasteiger partial charge is 0.161 e. The van der Waals surface area contributed by atoms with Gasteiger partial charge >= 0.3 is 0 Å². The van der Waals surface area contributed by atoms with Crippen molar-refractivity contribution in [3.8, 4) is 17.6 Å². The summed E-state index contributed by atoms with van der Waals surface area (Å²) in [6, 6.07) is 17.2. The average Bonchev–Trinajstić information content (AvgIpc) is 2.53. The number of ether oxygens (including phenoxy) is 2. The standard InChI is InChI=1S/C17H18N2O2/c1-2-20-16-9-5-6-10-17(16)21-12-11-19-15-8-4-3-7-14(15)13-18/h3-10,19H,2,11-12H2,1H3. The Bertz CT molecular complexity index is 620. The molecule has 0 saturated carbocycles. The molecule has 0 fully saturated rings. The van der Waals surface area contributed by atoms with Gasteiger partial charge in [0.1, 0.15) is 12.7 Å². The molecule has 0 aromatic heterocycles. The van der Waals surface area contributed by atoms with Gasteiger partial charge in [-0.25, -0.2) is 0 Å². The zero-order valence-corrected chi connectivity index (χ0v) is 12.0. The molecule has 1 N–H and O–H groups in total. The number of anilines is 1. The molecule has 2 aromatic rings. The van der Waals surface area contributed by atoms with Crippen LogP contribution in [0.4, 0.5) is 5.69 Å². The van der Waals surface area contributed by atoms with Gasteiger partial charge in [0, 0.05) is 6.54 Å². The highest BCUT2D eigenvalue weighted by atomic mass is 16.5. The number of hydrogen-bond donors (Lipinski definition) is 1. The summed E-state index contributed by atoms with van der Waals surface area (Å²) in [7, 11) is 0. The molecule has 21 heavy (non-hydrogen) atoms. The van der Waals surface area contributed by atoms with E-state index in [0.29, 0.717) is 25.3 Å². The highest BCUT2D eigenvalue weighted by Crippen LogP contribution is 2.26. The molecule has 0 bridgehead atoms. The lowest BCUT2D eigenvalue weighted by molar-refractivity contribution is 0.284. The van der Waals surface area contributed by atoms with Gasteiger partial charge < -0.3 is 14.8 Å². The Balaban J connectivity index is 1.86. The van der Waals surface area contributed by atoms with Gasteiger partial charge in [-0.15, -0.1) is 0 Å². The van der Waals surface area contributed by atoms with E-state index in [1.807, 2.05) is 49.4 Å². The lowest BCUT2D eigenvalue weighted by Gasteiger charge is -2.12. The molecule has 0 radical (unpaired) electrons. The number of para-hydroxylation sites is 3. The third kappa shape index (κ3) is 4.15. The first-order valence-electron chi connectivity index (χ1n) is 6.92. The Labute approximate surface area is 124 Å². The summed E-state index contributed by atoms with van der Waals surface area (Å²) in [4.78, 5) is 0. The largest absolute Gasteiger partial charge is 0.490 e. The second kappa shape index (κ2) is 7.81. The minimum Gasteiger partial charge on any atom is -0.490 e. The van der Waals surface area contributed by atoms with Gasteiger partial charge in [-0.05, 0) is 31.2 Å². The molecule has 4 heteroatoms. The maximum absolute atomic E-state index is 9.01. The molecule has 0 atom stereocenters. The van der Waals surface area contributed by atoms with Crippen LogP contribution in [-0.4, -0.2) is 19.8 Å². The van der Waals surface area contributed by atoms with Gasteiger partial charge in [0.15, 0.2) is 11.5 Å². The van der Waals surface area contributed by atoms with E-state index in [1.165, 1.54) is 0 Å². The van der Waals surface area contributed by atoms with E-state index >= 15 is 0 Å². The summed E-state index contributed by atoms with van der Waals surface area (Å²) in [6.07, 6.45) is 0. The molecule has 0 aliphatic heterocycles. The van der Waals surface area contributed by atoms with E-state index in [9.17, 15) is 0 Å². The summed E-state index contributed by atoms with van der Waals surface area (Å²) >= 11 is 0. The number of rotatable bonds is 7. The number of nitrogens with zero attached hydrogens (tertiary/aromatic N) is 1. The van der Waals surface area contributed by atoms with Gasteiger partial charge in [0.2, 0.25) is 0 Å². The van der Waals surface area contributed by atoms with Crippen LogP contribution in [0.5, 0.6) is 11.5 Å². The van der Waals surface area contributed by atoms with Crippen molar-refractivity contribution in [2.24, 2.45) is 0 Å². The second-order valence-electron chi connectivity index (χ2n) is 4.31. The van der Waals surface area contributed by atoms with Crippen LogP contribution in [0.1, 0.15) is 12.5 Å². The van der Waals surface area contributed by atoms with E-state index in [0.717, 1.165) is 17.2 Å². The Morgan fingerprint density at radius 2 is 1.67 bits per heavy atom. The topological polar surface area (TPSA) is 54.3 Å². The zero-order chi connectivity index (χ0) is 14.9. The lowest BCUT2D eigenvalue weighted by atomic mass is 10.2. The summed E-state index contributed by atoms with van der Waals surface area (Å²) in [5.41, 5.74) is 1.45. The van der Waals surface area contributed by atoms with Crippen LogP contribution in [-0.2, 0) is 0 Å². The third-order valence-corrected chi connectivity index (χ3v) is 2.87. The molecule has 4 nitrogen and oxygen atoms in total. The van der Waals surface area contributed by atoms with Crippen LogP contribution in [0.15, 0.2) is 48.5 Å². The van der Waals surface area contributed by atoms with Crippen molar-refractivity contribution in [3.05, 3.63) is 54.1 Å². The minimum atomic E-state index is 0.490. The van der Waals surface area contributed by atoms with E-state index < -0.39 is 0 Å². The molecule has 108 valence electrons. The van der Waals surface area contributed by atoms with Crippen molar-refractivity contribution in [1.82, 2.24) is 0 Å². The monoisotopic (exact) mass is 282 g/mol. The first-order valence-corrected chi connectivity index (χ1v) is 6.92. The fourth-order valence-electron chi connectivity index (χ4n) is 1.93. The molecule has 2 rings (SSSR count). The molecule has 0 amide bonds. The van der Waals surface area contributed by atoms with E-state index in [2.05, 4.69) is 11.4 Å². The van der Waals surface area contributed by atoms with E-state index in [1.54, 1.807) is 6.07 Å². The van der Waals surface area contributed by atoms with Crippen LogP contribution in [0.3, 0.4) is 0 Å². The third-order valence-electron chi connectivity index (χ3n) is 2.87. The molecular weight excluding hydrogens is 264 g/mol. The Kier molecular flexibility index (Phi) is 5.48. The van der Waals surface area contributed by atoms with Crippen molar-refractivity contribution in [2.75, 3.05) is 25.1 Å². The molecule has 0 spiro atoms. The van der Waals surface area contributed by atoms with Crippen LogP contribution in [0.25, 0.3) is 0 Å².